The van der Waals surface area contributed by atoms with Crippen molar-refractivity contribution in [3.63, 3.8) is 0 Å². The summed E-state index contributed by atoms with van der Waals surface area (Å²) >= 11 is 1.85. The fraction of sp³-hybridized carbons (Fsp3) is 0.800. The van der Waals surface area contributed by atoms with Gasteiger partial charge in [0.05, 0.1) is 10.7 Å². The fourth-order valence-corrected chi connectivity index (χ4v) is 3.05. The molecule has 2 nitrogen and oxygen atoms in total. The van der Waals surface area contributed by atoms with Gasteiger partial charge in [-0.3, -0.25) is 0 Å². The molecule has 0 saturated carbocycles. The van der Waals surface area contributed by atoms with Crippen LogP contribution in [-0.2, 0) is 6.42 Å². The summed E-state index contributed by atoms with van der Waals surface area (Å²) in [6.07, 6.45) is 2.26. The van der Waals surface area contributed by atoms with E-state index >= 15 is 0 Å². The molecule has 0 spiro atoms. The summed E-state index contributed by atoms with van der Waals surface area (Å²) in [6, 6.07) is 0.551. The lowest BCUT2D eigenvalue weighted by atomic mass is 9.88. The second-order valence-corrected chi connectivity index (χ2v) is 6.90. The normalized spacial score (nSPS) is 15.1. The number of hydrogen-bond donors (Lipinski definition) is 1. The molecule has 0 bridgehead atoms. The summed E-state index contributed by atoms with van der Waals surface area (Å²) in [4.78, 5) is 6.04. The third-order valence-corrected chi connectivity index (χ3v) is 4.91. The van der Waals surface area contributed by atoms with Crippen LogP contribution >= 0.6 is 11.3 Å². The molecule has 0 aliphatic rings. The van der Waals surface area contributed by atoms with Gasteiger partial charge in [0.15, 0.2) is 0 Å². The van der Waals surface area contributed by atoms with Crippen LogP contribution in [-0.4, -0.2) is 17.6 Å². The maximum atomic E-state index is 4.68. The zero-order chi connectivity index (χ0) is 13.7. The molecule has 0 aliphatic carbocycles. The van der Waals surface area contributed by atoms with Gasteiger partial charge in [0.2, 0.25) is 0 Å². The maximum absolute atomic E-state index is 4.68. The highest BCUT2D eigenvalue weighted by Gasteiger charge is 2.21. The van der Waals surface area contributed by atoms with Crippen molar-refractivity contribution in [2.75, 3.05) is 6.54 Å². The minimum atomic E-state index is 0.551. The summed E-state index contributed by atoms with van der Waals surface area (Å²) < 4.78 is 0. The van der Waals surface area contributed by atoms with Gasteiger partial charge in [0, 0.05) is 17.3 Å². The first-order valence-corrected chi connectivity index (χ1v) is 7.93. The molecule has 0 saturated heterocycles. The Balaban J connectivity index is 2.71. The average Bonchev–Trinajstić information content (AvgIpc) is 2.62. The van der Waals surface area contributed by atoms with Crippen molar-refractivity contribution in [1.82, 2.24) is 10.3 Å². The molecule has 0 aromatic carbocycles. The summed E-state index contributed by atoms with van der Waals surface area (Å²) in [7, 11) is 0. The van der Waals surface area contributed by atoms with Crippen molar-refractivity contribution in [2.45, 2.75) is 60.4 Å². The molecule has 1 rings (SSSR count). The van der Waals surface area contributed by atoms with E-state index in [1.807, 2.05) is 11.3 Å². The van der Waals surface area contributed by atoms with E-state index in [0.29, 0.717) is 17.9 Å². The molecule has 104 valence electrons. The van der Waals surface area contributed by atoms with Gasteiger partial charge in [-0.1, -0.05) is 27.7 Å². The number of hydrogen-bond acceptors (Lipinski definition) is 3. The van der Waals surface area contributed by atoms with E-state index in [1.165, 1.54) is 22.0 Å². The number of aryl methyl sites for hydroxylation is 2. The van der Waals surface area contributed by atoms with Crippen LogP contribution < -0.4 is 5.32 Å². The summed E-state index contributed by atoms with van der Waals surface area (Å²) in [5, 5.41) is 4.98. The van der Waals surface area contributed by atoms with Crippen LogP contribution in [0.1, 0.15) is 49.7 Å². The minimum absolute atomic E-state index is 0.551. The van der Waals surface area contributed by atoms with Crippen LogP contribution in [0.25, 0.3) is 0 Å². The highest BCUT2D eigenvalue weighted by molar-refractivity contribution is 7.11. The van der Waals surface area contributed by atoms with Crippen molar-refractivity contribution >= 4 is 11.3 Å². The number of thiazole rings is 1. The second-order valence-electron chi connectivity index (χ2n) is 5.62. The third kappa shape index (κ3) is 4.36. The zero-order valence-electron chi connectivity index (χ0n) is 12.7. The Labute approximate surface area is 116 Å². The molecule has 2 unspecified atom stereocenters. The number of nitrogens with zero attached hydrogens (tertiary/aromatic N) is 1. The Morgan fingerprint density at radius 3 is 2.33 bits per heavy atom. The molecular formula is C15H28N2S. The van der Waals surface area contributed by atoms with Crippen LogP contribution in [0.2, 0.25) is 0 Å². The Bertz CT molecular complexity index is 338. The van der Waals surface area contributed by atoms with E-state index in [4.69, 9.17) is 0 Å². The SMILES string of the molecule is CCCNC(Cc1nc(C)c(C)s1)C(C)C(C)C. The first kappa shape index (κ1) is 15.6. The maximum Gasteiger partial charge on any atom is 0.0946 e. The standard InChI is InChI=1S/C15H28N2S/c1-7-8-16-14(11(4)10(2)3)9-15-17-12(5)13(6)18-15/h10-11,14,16H,7-9H2,1-6H3. The lowest BCUT2D eigenvalue weighted by molar-refractivity contribution is 0.297. The van der Waals surface area contributed by atoms with Crippen LogP contribution in [0.5, 0.6) is 0 Å². The molecule has 1 aromatic heterocycles. The van der Waals surface area contributed by atoms with Gasteiger partial charge in [-0.05, 0) is 38.6 Å². The monoisotopic (exact) mass is 268 g/mol. The average molecular weight is 268 g/mol. The van der Waals surface area contributed by atoms with Gasteiger partial charge >= 0.3 is 0 Å². The molecular weight excluding hydrogens is 240 g/mol. The van der Waals surface area contributed by atoms with E-state index in [9.17, 15) is 0 Å². The number of rotatable bonds is 7. The molecule has 1 heterocycles. The molecule has 0 amide bonds. The van der Waals surface area contributed by atoms with Gasteiger partial charge in [0.25, 0.3) is 0 Å². The molecule has 0 radical (unpaired) electrons. The molecule has 1 aromatic rings. The number of nitrogens with one attached hydrogen (secondary N) is 1. The van der Waals surface area contributed by atoms with Crippen molar-refractivity contribution in [1.29, 1.82) is 0 Å². The van der Waals surface area contributed by atoms with Gasteiger partial charge in [0.1, 0.15) is 0 Å². The molecule has 2 atom stereocenters. The quantitative estimate of drug-likeness (QED) is 0.809. The van der Waals surface area contributed by atoms with Crippen molar-refractivity contribution in [2.24, 2.45) is 11.8 Å². The summed E-state index contributed by atoms with van der Waals surface area (Å²) in [5.74, 6) is 1.39. The molecule has 0 fully saturated rings. The highest BCUT2D eigenvalue weighted by Crippen LogP contribution is 2.22. The van der Waals surface area contributed by atoms with Crippen LogP contribution in [0, 0.1) is 25.7 Å². The smallest absolute Gasteiger partial charge is 0.0946 e. The zero-order valence-corrected chi connectivity index (χ0v) is 13.5. The van der Waals surface area contributed by atoms with Gasteiger partial charge < -0.3 is 5.32 Å². The lowest BCUT2D eigenvalue weighted by Gasteiger charge is -2.27. The molecule has 18 heavy (non-hydrogen) atoms. The second kappa shape index (κ2) is 7.25. The molecule has 0 aliphatic heterocycles. The van der Waals surface area contributed by atoms with Crippen LogP contribution in [0.15, 0.2) is 0 Å². The molecule has 1 N–H and O–H groups in total. The van der Waals surface area contributed by atoms with E-state index in [-0.39, 0.29) is 0 Å². The van der Waals surface area contributed by atoms with Crippen molar-refractivity contribution in [3.05, 3.63) is 15.6 Å². The number of aromatic nitrogens is 1. The van der Waals surface area contributed by atoms with Crippen LogP contribution in [0.3, 0.4) is 0 Å². The predicted molar refractivity (Wildman–Crippen MR) is 81.4 cm³/mol. The van der Waals surface area contributed by atoms with Crippen LogP contribution in [0.4, 0.5) is 0 Å². The highest BCUT2D eigenvalue weighted by atomic mass is 32.1. The van der Waals surface area contributed by atoms with Gasteiger partial charge in [-0.2, -0.15) is 0 Å². The van der Waals surface area contributed by atoms with Crippen molar-refractivity contribution < 1.29 is 0 Å². The fourth-order valence-electron chi connectivity index (χ4n) is 2.05. The first-order valence-electron chi connectivity index (χ1n) is 7.12. The lowest BCUT2D eigenvalue weighted by Crippen LogP contribution is -2.39. The van der Waals surface area contributed by atoms with E-state index in [1.54, 1.807) is 0 Å². The van der Waals surface area contributed by atoms with E-state index in [0.717, 1.165) is 13.0 Å². The Kier molecular flexibility index (Phi) is 6.30. The Hall–Kier alpha value is -0.410. The third-order valence-electron chi connectivity index (χ3n) is 3.81. The summed E-state index contributed by atoms with van der Waals surface area (Å²) in [5.41, 5.74) is 1.20. The molecule has 3 heteroatoms. The Morgan fingerprint density at radius 1 is 1.22 bits per heavy atom. The predicted octanol–water partition coefficient (Wildman–Crippen LogP) is 3.96. The minimum Gasteiger partial charge on any atom is -0.313 e. The van der Waals surface area contributed by atoms with Gasteiger partial charge in [-0.25, -0.2) is 4.98 Å². The largest absolute Gasteiger partial charge is 0.313 e. The Morgan fingerprint density at radius 2 is 1.89 bits per heavy atom. The van der Waals surface area contributed by atoms with Crippen molar-refractivity contribution in [3.8, 4) is 0 Å². The van der Waals surface area contributed by atoms with Gasteiger partial charge in [-0.15, -0.1) is 11.3 Å². The van der Waals surface area contributed by atoms with E-state index < -0.39 is 0 Å². The topological polar surface area (TPSA) is 24.9 Å². The van der Waals surface area contributed by atoms with E-state index in [2.05, 4.69) is 51.8 Å². The first-order chi connectivity index (χ1) is 8.45. The summed E-state index contributed by atoms with van der Waals surface area (Å²) in [6.45, 7) is 14.6.